The summed E-state index contributed by atoms with van der Waals surface area (Å²) in [5.74, 6) is -0.625. The van der Waals surface area contributed by atoms with Crippen LogP contribution in [-0.4, -0.2) is 25.2 Å². The van der Waals surface area contributed by atoms with Gasteiger partial charge in [0.05, 0.1) is 30.0 Å². The maximum absolute atomic E-state index is 12.7. The molecule has 0 spiro atoms. The number of rotatable bonds is 3. The molecule has 2 rings (SSSR count). The number of hydrogen-bond acceptors (Lipinski definition) is 3. The molecule has 0 bridgehead atoms. The first kappa shape index (κ1) is 15.9. The monoisotopic (exact) mass is 314 g/mol. The number of nitrogens with one attached hydrogen (secondary N) is 1. The summed E-state index contributed by atoms with van der Waals surface area (Å²) in [5.41, 5.74) is -0.720. The SMILES string of the molecule is CCOC(=O)C1=CN(c2cccc(C(F)(F)F)c2)C(=O)NC1. The van der Waals surface area contributed by atoms with Gasteiger partial charge in [0.2, 0.25) is 0 Å². The number of alkyl halides is 3. The summed E-state index contributed by atoms with van der Waals surface area (Å²) in [6.45, 7) is 1.76. The van der Waals surface area contributed by atoms with Crippen LogP contribution in [0.15, 0.2) is 36.0 Å². The van der Waals surface area contributed by atoms with Crippen molar-refractivity contribution >= 4 is 17.7 Å². The van der Waals surface area contributed by atoms with Gasteiger partial charge in [0.1, 0.15) is 0 Å². The maximum atomic E-state index is 12.7. The number of anilines is 1. The Balaban J connectivity index is 2.35. The number of amides is 2. The lowest BCUT2D eigenvalue weighted by Crippen LogP contribution is -2.43. The number of nitrogens with zero attached hydrogens (tertiary/aromatic N) is 1. The van der Waals surface area contributed by atoms with Crippen LogP contribution in [0.3, 0.4) is 0 Å². The quantitative estimate of drug-likeness (QED) is 0.873. The Morgan fingerprint density at radius 2 is 2.14 bits per heavy atom. The highest BCUT2D eigenvalue weighted by atomic mass is 19.4. The van der Waals surface area contributed by atoms with E-state index in [0.717, 1.165) is 17.0 Å². The smallest absolute Gasteiger partial charge is 0.416 e. The van der Waals surface area contributed by atoms with E-state index in [0.29, 0.717) is 0 Å². The van der Waals surface area contributed by atoms with Crippen molar-refractivity contribution in [3.05, 3.63) is 41.6 Å². The van der Waals surface area contributed by atoms with Gasteiger partial charge in [-0.25, -0.2) is 9.59 Å². The molecule has 1 aromatic rings. The third-order valence-electron chi connectivity index (χ3n) is 2.92. The molecule has 118 valence electrons. The van der Waals surface area contributed by atoms with Crippen LogP contribution >= 0.6 is 0 Å². The fourth-order valence-electron chi connectivity index (χ4n) is 1.89. The molecule has 0 atom stereocenters. The van der Waals surface area contributed by atoms with Crippen molar-refractivity contribution in [3.63, 3.8) is 0 Å². The van der Waals surface area contributed by atoms with Crippen LogP contribution in [0.5, 0.6) is 0 Å². The van der Waals surface area contributed by atoms with E-state index in [2.05, 4.69) is 5.32 Å². The van der Waals surface area contributed by atoms with E-state index in [1.54, 1.807) is 6.92 Å². The van der Waals surface area contributed by atoms with Crippen LogP contribution < -0.4 is 10.2 Å². The topological polar surface area (TPSA) is 58.6 Å². The molecule has 1 aromatic carbocycles. The van der Waals surface area contributed by atoms with Crippen molar-refractivity contribution in [3.8, 4) is 0 Å². The molecule has 1 N–H and O–H groups in total. The number of ether oxygens (including phenoxy) is 1. The second-order valence-electron chi connectivity index (χ2n) is 4.45. The molecule has 0 aromatic heterocycles. The van der Waals surface area contributed by atoms with Gasteiger partial charge in [0, 0.05) is 6.20 Å². The van der Waals surface area contributed by atoms with Gasteiger partial charge in [-0.2, -0.15) is 13.2 Å². The average molecular weight is 314 g/mol. The molecule has 0 radical (unpaired) electrons. The number of carbonyl (C=O) groups excluding carboxylic acids is 2. The highest BCUT2D eigenvalue weighted by Crippen LogP contribution is 2.32. The van der Waals surface area contributed by atoms with Gasteiger partial charge in [0.25, 0.3) is 0 Å². The van der Waals surface area contributed by atoms with Gasteiger partial charge in [-0.3, -0.25) is 4.90 Å². The minimum Gasteiger partial charge on any atom is -0.463 e. The Morgan fingerprint density at radius 3 is 2.77 bits per heavy atom. The first-order valence-corrected chi connectivity index (χ1v) is 6.45. The third-order valence-corrected chi connectivity index (χ3v) is 2.92. The molecule has 1 heterocycles. The molecular weight excluding hydrogens is 301 g/mol. The van der Waals surface area contributed by atoms with Crippen molar-refractivity contribution in [1.29, 1.82) is 0 Å². The summed E-state index contributed by atoms with van der Waals surface area (Å²) in [4.78, 5) is 24.4. The van der Waals surface area contributed by atoms with Gasteiger partial charge in [-0.1, -0.05) is 6.07 Å². The molecule has 1 aliphatic rings. The second kappa shape index (κ2) is 6.08. The van der Waals surface area contributed by atoms with Crippen LogP contribution in [0.2, 0.25) is 0 Å². The van der Waals surface area contributed by atoms with Crippen LogP contribution in [0.1, 0.15) is 12.5 Å². The lowest BCUT2D eigenvalue weighted by molar-refractivity contribution is -0.139. The lowest BCUT2D eigenvalue weighted by Gasteiger charge is -2.25. The standard InChI is InChI=1S/C14H13F3N2O3/c1-2-22-12(20)9-7-18-13(21)19(8-9)11-5-3-4-10(6-11)14(15,16)17/h3-6,8H,2,7H2,1H3,(H,18,21). The van der Waals surface area contributed by atoms with Gasteiger partial charge >= 0.3 is 18.2 Å². The van der Waals surface area contributed by atoms with Gasteiger partial charge in [0.15, 0.2) is 0 Å². The van der Waals surface area contributed by atoms with Crippen LogP contribution in [0, 0.1) is 0 Å². The summed E-state index contributed by atoms with van der Waals surface area (Å²) in [7, 11) is 0. The Bertz CT molecular complexity index is 626. The summed E-state index contributed by atoms with van der Waals surface area (Å²) in [6, 6.07) is 3.66. The third kappa shape index (κ3) is 3.38. The van der Waals surface area contributed by atoms with Crippen LogP contribution in [-0.2, 0) is 15.7 Å². The van der Waals surface area contributed by atoms with Crippen molar-refractivity contribution in [2.45, 2.75) is 13.1 Å². The maximum Gasteiger partial charge on any atom is 0.416 e. The summed E-state index contributed by atoms with van der Waals surface area (Å²) in [6.07, 6.45) is -3.33. The van der Waals surface area contributed by atoms with E-state index in [4.69, 9.17) is 4.74 Å². The van der Waals surface area contributed by atoms with Crippen molar-refractivity contribution in [1.82, 2.24) is 5.32 Å². The van der Waals surface area contributed by atoms with Crippen LogP contribution in [0.4, 0.5) is 23.7 Å². The van der Waals surface area contributed by atoms with Gasteiger partial charge < -0.3 is 10.1 Å². The first-order valence-electron chi connectivity index (χ1n) is 6.45. The minimum atomic E-state index is -4.52. The van der Waals surface area contributed by atoms with E-state index in [1.165, 1.54) is 18.3 Å². The fraction of sp³-hybridized carbons (Fsp3) is 0.286. The zero-order chi connectivity index (χ0) is 16.3. The van der Waals surface area contributed by atoms with E-state index in [-0.39, 0.29) is 24.4 Å². The largest absolute Gasteiger partial charge is 0.463 e. The number of esters is 1. The summed E-state index contributed by atoms with van der Waals surface area (Å²) < 4.78 is 43.0. The Kier molecular flexibility index (Phi) is 4.39. The predicted molar refractivity (Wildman–Crippen MR) is 72.0 cm³/mol. The lowest BCUT2D eigenvalue weighted by atomic mass is 10.1. The molecule has 22 heavy (non-hydrogen) atoms. The molecule has 0 saturated carbocycles. The average Bonchev–Trinajstić information content (AvgIpc) is 2.47. The molecular formula is C14H13F3N2O3. The van der Waals surface area contributed by atoms with Gasteiger partial charge in [-0.15, -0.1) is 0 Å². The molecule has 2 amide bonds. The van der Waals surface area contributed by atoms with E-state index in [9.17, 15) is 22.8 Å². The number of carbonyl (C=O) groups is 2. The molecule has 0 unspecified atom stereocenters. The number of urea groups is 1. The van der Waals surface area contributed by atoms with E-state index in [1.807, 2.05) is 0 Å². The molecule has 8 heteroatoms. The Morgan fingerprint density at radius 1 is 1.41 bits per heavy atom. The van der Waals surface area contributed by atoms with E-state index < -0.39 is 23.7 Å². The zero-order valence-corrected chi connectivity index (χ0v) is 11.6. The highest BCUT2D eigenvalue weighted by molar-refractivity contribution is 6.00. The summed E-state index contributed by atoms with van der Waals surface area (Å²) >= 11 is 0. The number of benzene rings is 1. The number of halogens is 3. The zero-order valence-electron chi connectivity index (χ0n) is 11.6. The second-order valence-corrected chi connectivity index (χ2v) is 4.45. The van der Waals surface area contributed by atoms with Crippen molar-refractivity contribution in [2.75, 3.05) is 18.1 Å². The first-order chi connectivity index (χ1) is 10.3. The molecule has 0 aliphatic carbocycles. The number of hydrogen-bond donors (Lipinski definition) is 1. The van der Waals surface area contributed by atoms with Crippen molar-refractivity contribution < 1.29 is 27.5 Å². The molecule has 0 saturated heterocycles. The Labute approximate surface area is 124 Å². The van der Waals surface area contributed by atoms with E-state index >= 15 is 0 Å². The minimum absolute atomic E-state index is 0.00817. The molecule has 1 aliphatic heterocycles. The normalized spacial score (nSPS) is 15.2. The Hall–Kier alpha value is -2.51. The van der Waals surface area contributed by atoms with Gasteiger partial charge in [-0.05, 0) is 25.1 Å². The summed E-state index contributed by atoms with van der Waals surface area (Å²) in [5, 5.41) is 2.41. The predicted octanol–water partition coefficient (Wildman–Crippen LogP) is 2.68. The van der Waals surface area contributed by atoms with Crippen LogP contribution in [0.25, 0.3) is 0 Å². The highest BCUT2D eigenvalue weighted by Gasteiger charge is 2.32. The fourth-order valence-corrected chi connectivity index (χ4v) is 1.89. The van der Waals surface area contributed by atoms with Crippen molar-refractivity contribution in [2.24, 2.45) is 0 Å². The molecule has 0 fully saturated rings. The molecule has 5 nitrogen and oxygen atoms in total.